The molecule has 0 saturated heterocycles. The topological polar surface area (TPSA) is 96.2 Å². The highest BCUT2D eigenvalue weighted by Crippen LogP contribution is 2.23. The predicted octanol–water partition coefficient (Wildman–Crippen LogP) is 2.50. The first-order valence-electron chi connectivity index (χ1n) is 6.43. The van der Waals surface area contributed by atoms with Crippen molar-refractivity contribution in [2.24, 2.45) is 0 Å². The van der Waals surface area contributed by atoms with Crippen LogP contribution in [0.2, 0.25) is 0 Å². The van der Waals surface area contributed by atoms with E-state index in [9.17, 15) is 10.1 Å². The molecule has 2 heterocycles. The molecule has 0 N–H and O–H groups in total. The van der Waals surface area contributed by atoms with Crippen LogP contribution in [-0.2, 0) is 6.54 Å². The fourth-order valence-electron chi connectivity index (χ4n) is 2.05. The summed E-state index contributed by atoms with van der Waals surface area (Å²) in [4.78, 5) is 14.0. The van der Waals surface area contributed by atoms with Crippen LogP contribution in [0, 0.1) is 10.1 Å². The number of benzene rings is 1. The van der Waals surface area contributed by atoms with Crippen LogP contribution in [-0.4, -0.2) is 26.7 Å². The summed E-state index contributed by atoms with van der Waals surface area (Å²) in [5, 5.41) is 14.8. The molecule has 2 aromatic heterocycles. The van der Waals surface area contributed by atoms with Crippen molar-refractivity contribution in [2.45, 2.75) is 6.54 Å². The van der Waals surface area contributed by atoms with E-state index in [2.05, 4.69) is 10.1 Å². The molecule has 0 atom stereocenters. The van der Waals surface area contributed by atoms with Crippen molar-refractivity contribution in [2.75, 3.05) is 7.11 Å². The van der Waals surface area contributed by atoms with E-state index in [0.717, 1.165) is 11.3 Å². The number of nitrogens with zero attached hydrogens (tertiary/aromatic N) is 4. The van der Waals surface area contributed by atoms with Gasteiger partial charge in [0.2, 0.25) is 0 Å². The van der Waals surface area contributed by atoms with Crippen LogP contribution < -0.4 is 4.74 Å². The third kappa shape index (κ3) is 2.66. The summed E-state index contributed by atoms with van der Waals surface area (Å²) in [6.45, 7) is 0.194. The Labute approximate surface area is 125 Å². The number of hydrogen-bond acceptors (Lipinski definition) is 6. The smallest absolute Gasteiger partial charge is 0.434 e. The van der Waals surface area contributed by atoms with E-state index < -0.39 is 4.92 Å². The van der Waals surface area contributed by atoms with Gasteiger partial charge in [0.1, 0.15) is 30.4 Å². The van der Waals surface area contributed by atoms with Gasteiger partial charge in [-0.1, -0.05) is 10.1 Å². The highest BCUT2D eigenvalue weighted by Gasteiger charge is 2.16. The molecule has 0 saturated carbocycles. The molecule has 0 aliphatic heterocycles. The number of rotatable bonds is 5. The molecule has 0 bridgehead atoms. The van der Waals surface area contributed by atoms with Crippen molar-refractivity contribution in [1.82, 2.24) is 14.7 Å². The third-order valence-corrected chi connectivity index (χ3v) is 3.13. The molecule has 8 heteroatoms. The zero-order chi connectivity index (χ0) is 15.5. The number of ether oxygens (including phenoxy) is 1. The second kappa shape index (κ2) is 5.68. The van der Waals surface area contributed by atoms with Gasteiger partial charge in [-0.3, -0.25) is 0 Å². The van der Waals surface area contributed by atoms with Crippen molar-refractivity contribution in [1.29, 1.82) is 0 Å². The molecular weight excluding hydrogens is 288 g/mol. The van der Waals surface area contributed by atoms with Crippen LogP contribution >= 0.6 is 0 Å². The minimum absolute atomic E-state index is 0.194. The monoisotopic (exact) mass is 300 g/mol. The highest BCUT2D eigenvalue weighted by atomic mass is 16.6. The van der Waals surface area contributed by atoms with E-state index in [4.69, 9.17) is 9.26 Å². The molecule has 0 fully saturated rings. The third-order valence-electron chi connectivity index (χ3n) is 3.13. The molecule has 0 amide bonds. The van der Waals surface area contributed by atoms with Gasteiger partial charge in [-0.25, -0.2) is 4.57 Å². The highest BCUT2D eigenvalue weighted by molar-refractivity contribution is 5.59. The summed E-state index contributed by atoms with van der Waals surface area (Å²) in [6.07, 6.45) is 2.90. The van der Waals surface area contributed by atoms with Gasteiger partial charge in [0.25, 0.3) is 0 Å². The minimum atomic E-state index is -0.541. The van der Waals surface area contributed by atoms with Gasteiger partial charge < -0.3 is 19.4 Å². The summed E-state index contributed by atoms with van der Waals surface area (Å²) >= 11 is 0. The lowest BCUT2D eigenvalue weighted by Gasteiger charge is -1.99. The molecule has 3 rings (SSSR count). The molecule has 0 aliphatic carbocycles. The van der Waals surface area contributed by atoms with Gasteiger partial charge in [-0.2, -0.15) is 0 Å². The van der Waals surface area contributed by atoms with Gasteiger partial charge in [-0.05, 0) is 29.2 Å². The Kier molecular flexibility index (Phi) is 3.57. The van der Waals surface area contributed by atoms with Gasteiger partial charge in [-0.15, -0.1) is 0 Å². The molecule has 0 spiro atoms. The van der Waals surface area contributed by atoms with Gasteiger partial charge in [0.15, 0.2) is 5.76 Å². The first-order chi connectivity index (χ1) is 10.7. The molecule has 3 aromatic rings. The maximum atomic E-state index is 10.8. The second-order valence-electron chi connectivity index (χ2n) is 4.52. The average Bonchev–Trinajstić information content (AvgIpc) is 3.17. The number of hydrogen-bond donors (Lipinski definition) is 0. The molecule has 1 aromatic carbocycles. The average molecular weight is 300 g/mol. The van der Waals surface area contributed by atoms with Crippen LogP contribution in [0.15, 0.2) is 47.2 Å². The van der Waals surface area contributed by atoms with E-state index in [-0.39, 0.29) is 12.5 Å². The van der Waals surface area contributed by atoms with Crippen molar-refractivity contribution in [3.63, 3.8) is 0 Å². The van der Waals surface area contributed by atoms with Gasteiger partial charge >= 0.3 is 5.95 Å². The lowest BCUT2D eigenvalue weighted by atomic mass is 10.1. The maximum Gasteiger partial charge on any atom is 0.434 e. The fourth-order valence-corrected chi connectivity index (χ4v) is 2.05. The predicted molar refractivity (Wildman–Crippen MR) is 76.5 cm³/mol. The molecular formula is C14H12N4O4. The summed E-state index contributed by atoms with van der Waals surface area (Å²) in [5.74, 6) is 1.02. The minimum Gasteiger partial charge on any atom is -0.497 e. The largest absolute Gasteiger partial charge is 0.497 e. The van der Waals surface area contributed by atoms with Gasteiger partial charge in [0.05, 0.1) is 7.11 Å². The molecule has 8 nitrogen and oxygen atoms in total. The Morgan fingerprint density at radius 1 is 1.36 bits per heavy atom. The van der Waals surface area contributed by atoms with Crippen molar-refractivity contribution >= 4 is 5.95 Å². The van der Waals surface area contributed by atoms with Crippen LogP contribution in [0.4, 0.5) is 5.95 Å². The van der Waals surface area contributed by atoms with E-state index in [1.54, 1.807) is 13.2 Å². The van der Waals surface area contributed by atoms with E-state index in [1.165, 1.54) is 17.0 Å². The Balaban J connectivity index is 1.81. The first kappa shape index (κ1) is 13.8. The van der Waals surface area contributed by atoms with Gasteiger partial charge in [0, 0.05) is 11.6 Å². The number of nitro groups is 1. The quantitative estimate of drug-likeness (QED) is 0.530. The molecule has 0 aliphatic rings. The number of aromatic nitrogens is 3. The molecule has 112 valence electrons. The summed E-state index contributed by atoms with van der Waals surface area (Å²) in [7, 11) is 1.60. The lowest BCUT2D eigenvalue weighted by Crippen LogP contribution is -2.03. The zero-order valence-corrected chi connectivity index (χ0v) is 11.7. The SMILES string of the molecule is COc1ccc(-c2cc(Cn3ccnc3[N+](=O)[O-])on2)cc1. The standard InChI is InChI=1S/C14H12N4O4/c1-21-11-4-2-10(3-5-11)13-8-12(22-16-13)9-17-7-6-15-14(17)18(19)20/h2-8H,9H2,1H3. The maximum absolute atomic E-state index is 10.8. The summed E-state index contributed by atoms with van der Waals surface area (Å²) in [6, 6.07) is 9.11. The summed E-state index contributed by atoms with van der Waals surface area (Å²) in [5.41, 5.74) is 1.52. The Morgan fingerprint density at radius 3 is 2.82 bits per heavy atom. The van der Waals surface area contributed by atoms with Crippen molar-refractivity contribution in [3.05, 3.63) is 58.6 Å². The van der Waals surface area contributed by atoms with E-state index in [1.807, 2.05) is 24.3 Å². The number of methoxy groups -OCH3 is 1. The first-order valence-corrected chi connectivity index (χ1v) is 6.43. The van der Waals surface area contributed by atoms with E-state index >= 15 is 0 Å². The Morgan fingerprint density at radius 2 is 2.14 bits per heavy atom. The molecule has 0 unspecified atom stereocenters. The summed E-state index contributed by atoms with van der Waals surface area (Å²) < 4.78 is 11.7. The normalized spacial score (nSPS) is 10.6. The van der Waals surface area contributed by atoms with Crippen molar-refractivity contribution < 1.29 is 14.2 Å². The van der Waals surface area contributed by atoms with Crippen molar-refractivity contribution in [3.8, 4) is 17.0 Å². The Hall–Kier alpha value is -3.16. The van der Waals surface area contributed by atoms with E-state index in [0.29, 0.717) is 11.5 Å². The molecule has 0 radical (unpaired) electrons. The van der Waals surface area contributed by atoms with Crippen LogP contribution in [0.3, 0.4) is 0 Å². The Bertz CT molecular complexity index is 791. The molecule has 22 heavy (non-hydrogen) atoms. The second-order valence-corrected chi connectivity index (χ2v) is 4.52. The van der Waals surface area contributed by atoms with Crippen LogP contribution in [0.5, 0.6) is 5.75 Å². The van der Waals surface area contributed by atoms with Crippen LogP contribution in [0.1, 0.15) is 5.76 Å². The number of imidazole rings is 1. The van der Waals surface area contributed by atoms with Crippen LogP contribution in [0.25, 0.3) is 11.3 Å². The fraction of sp³-hybridized carbons (Fsp3) is 0.143. The lowest BCUT2D eigenvalue weighted by molar-refractivity contribution is -0.396. The zero-order valence-electron chi connectivity index (χ0n) is 11.7.